The molecule has 1 aliphatic carbocycles. The van der Waals surface area contributed by atoms with Crippen LogP contribution in [0.25, 0.3) is 0 Å². The minimum atomic E-state index is -3.97. The summed E-state index contributed by atoms with van der Waals surface area (Å²) in [4.78, 5) is 14.9. The van der Waals surface area contributed by atoms with Crippen LogP contribution in [0.5, 0.6) is 0 Å². The van der Waals surface area contributed by atoms with E-state index in [0.29, 0.717) is 46.9 Å². The Hall–Kier alpha value is -3.17. The van der Waals surface area contributed by atoms with E-state index in [0.717, 1.165) is 29.8 Å². The van der Waals surface area contributed by atoms with Gasteiger partial charge >= 0.3 is 0 Å². The zero-order valence-corrected chi connectivity index (χ0v) is 19.3. The van der Waals surface area contributed by atoms with Crippen LogP contribution in [-0.4, -0.2) is 20.0 Å². The van der Waals surface area contributed by atoms with E-state index in [-0.39, 0.29) is 17.2 Å². The normalized spacial score (nSPS) is 14.7. The van der Waals surface area contributed by atoms with Gasteiger partial charge in [0, 0.05) is 29.1 Å². The monoisotopic (exact) mass is 489 g/mol. The third-order valence-corrected chi connectivity index (χ3v) is 6.95. The summed E-state index contributed by atoms with van der Waals surface area (Å²) in [5.41, 5.74) is 2.47. The van der Waals surface area contributed by atoms with Gasteiger partial charge in [-0.3, -0.25) is 4.79 Å². The first-order chi connectivity index (χ1) is 15.8. The zero-order valence-electron chi connectivity index (χ0n) is 17.7. The van der Waals surface area contributed by atoms with Gasteiger partial charge in [-0.25, -0.2) is 4.39 Å². The van der Waals surface area contributed by atoms with Crippen molar-refractivity contribution in [1.82, 2.24) is 10.1 Å². The van der Waals surface area contributed by atoms with Crippen molar-refractivity contribution < 1.29 is 22.0 Å². The van der Waals surface area contributed by atoms with Crippen molar-refractivity contribution in [1.29, 1.82) is 0 Å². The molecule has 4 rings (SSSR count). The number of amides is 1. The molecule has 0 bridgehead atoms. The molecule has 0 saturated heterocycles. The minimum absolute atomic E-state index is 0.104. The van der Waals surface area contributed by atoms with Gasteiger partial charge in [-0.15, -0.1) is 0 Å². The van der Waals surface area contributed by atoms with Gasteiger partial charge in [0.25, 0.3) is 15.9 Å². The minimum Gasteiger partial charge on any atom is -0.455 e. The van der Waals surface area contributed by atoms with Crippen molar-refractivity contribution in [2.24, 2.45) is 5.10 Å². The fraction of sp³-hybridized carbons (Fsp3) is 0.217. The molecule has 0 fully saturated rings. The molecular weight excluding hydrogens is 469 g/mol. The number of hydrogen-bond donors (Lipinski definition) is 2. The summed E-state index contributed by atoms with van der Waals surface area (Å²) in [6.45, 7) is 1.98. The Morgan fingerprint density at radius 1 is 1.15 bits per heavy atom. The second-order valence-corrected chi connectivity index (χ2v) is 9.66. The van der Waals surface area contributed by atoms with Crippen molar-refractivity contribution in [2.45, 2.75) is 37.6 Å². The molecule has 1 amide bonds. The highest BCUT2D eigenvalue weighted by Gasteiger charge is 2.28. The smallest absolute Gasteiger partial charge is 0.287 e. The lowest BCUT2D eigenvalue weighted by molar-refractivity contribution is 0.0920. The number of benzene rings is 2. The van der Waals surface area contributed by atoms with Crippen LogP contribution in [0, 0.1) is 12.7 Å². The molecule has 3 aromatic rings. The number of hydrazone groups is 1. The van der Waals surface area contributed by atoms with Crippen LogP contribution in [-0.2, 0) is 23.0 Å². The Morgan fingerprint density at radius 2 is 1.88 bits per heavy atom. The predicted molar refractivity (Wildman–Crippen MR) is 122 cm³/mol. The van der Waals surface area contributed by atoms with Crippen molar-refractivity contribution in [3.63, 3.8) is 0 Å². The van der Waals surface area contributed by atoms with Gasteiger partial charge in [-0.05, 0) is 55.7 Å². The molecule has 2 aromatic carbocycles. The standard InChI is InChI=1S/C23H21ClFN3O4S/c1-14-21-19(27-28-33(30,31)17-11-9-16(25)10-12-17)7-4-8-20(21)32-22(14)23(29)26-13-15-5-2-3-6-18(15)24/h2-3,5-6,9-12,28H,4,7-8,13H2,1H3,(H,26,29)/b27-19+. The maximum absolute atomic E-state index is 13.1. The Morgan fingerprint density at radius 3 is 2.61 bits per heavy atom. The third kappa shape index (κ3) is 4.94. The van der Waals surface area contributed by atoms with Crippen LogP contribution >= 0.6 is 11.6 Å². The van der Waals surface area contributed by atoms with Crippen LogP contribution < -0.4 is 10.1 Å². The number of hydrogen-bond acceptors (Lipinski definition) is 5. The molecule has 0 aliphatic heterocycles. The Bertz CT molecular complexity index is 1330. The summed E-state index contributed by atoms with van der Waals surface area (Å²) in [6.07, 6.45) is 1.81. The summed E-state index contributed by atoms with van der Waals surface area (Å²) >= 11 is 6.15. The molecular formula is C23H21ClFN3O4S. The fourth-order valence-corrected chi connectivity index (χ4v) is 4.71. The number of nitrogens with zero attached hydrogens (tertiary/aromatic N) is 1. The van der Waals surface area contributed by atoms with Crippen molar-refractivity contribution >= 4 is 33.2 Å². The van der Waals surface area contributed by atoms with E-state index in [1.807, 2.05) is 18.2 Å². The molecule has 1 aromatic heterocycles. The first kappa shape index (κ1) is 23.0. The maximum atomic E-state index is 13.1. The van der Waals surface area contributed by atoms with Gasteiger partial charge in [0.2, 0.25) is 0 Å². The summed E-state index contributed by atoms with van der Waals surface area (Å²) in [5.74, 6) is -0.191. The van der Waals surface area contributed by atoms with Crippen LogP contribution in [0.2, 0.25) is 5.02 Å². The quantitative estimate of drug-likeness (QED) is 0.503. The van der Waals surface area contributed by atoms with E-state index in [9.17, 15) is 17.6 Å². The summed E-state index contributed by atoms with van der Waals surface area (Å²) in [7, 11) is -3.97. The Labute approximate surface area is 195 Å². The number of nitrogens with one attached hydrogen (secondary N) is 2. The number of fused-ring (bicyclic) bond motifs is 1. The van der Waals surface area contributed by atoms with E-state index in [4.69, 9.17) is 16.0 Å². The molecule has 7 nitrogen and oxygen atoms in total. The molecule has 172 valence electrons. The summed E-state index contributed by atoms with van der Waals surface area (Å²) < 4.78 is 43.9. The van der Waals surface area contributed by atoms with E-state index >= 15 is 0 Å². The van der Waals surface area contributed by atoms with Gasteiger partial charge in [-0.2, -0.15) is 18.4 Å². The molecule has 0 spiro atoms. The van der Waals surface area contributed by atoms with Gasteiger partial charge in [0.05, 0.1) is 10.6 Å². The molecule has 0 unspecified atom stereocenters. The van der Waals surface area contributed by atoms with Gasteiger partial charge in [-0.1, -0.05) is 29.8 Å². The molecule has 1 aliphatic rings. The molecule has 2 N–H and O–H groups in total. The number of halogens is 2. The summed E-state index contributed by atoms with van der Waals surface area (Å²) in [5, 5.41) is 7.47. The fourth-order valence-electron chi connectivity index (χ4n) is 3.68. The van der Waals surface area contributed by atoms with Crippen LogP contribution in [0.3, 0.4) is 0 Å². The number of furan rings is 1. The zero-order chi connectivity index (χ0) is 23.6. The lowest BCUT2D eigenvalue weighted by Gasteiger charge is -2.14. The topological polar surface area (TPSA) is 101 Å². The van der Waals surface area contributed by atoms with Crippen molar-refractivity contribution in [3.8, 4) is 0 Å². The predicted octanol–water partition coefficient (Wildman–Crippen LogP) is 4.33. The van der Waals surface area contributed by atoms with E-state index < -0.39 is 21.7 Å². The molecule has 33 heavy (non-hydrogen) atoms. The van der Waals surface area contributed by atoms with E-state index in [2.05, 4.69) is 15.2 Å². The molecule has 0 atom stereocenters. The van der Waals surface area contributed by atoms with Crippen molar-refractivity contribution in [2.75, 3.05) is 0 Å². The van der Waals surface area contributed by atoms with Gasteiger partial charge < -0.3 is 9.73 Å². The maximum Gasteiger partial charge on any atom is 0.287 e. The molecule has 0 radical (unpaired) electrons. The second-order valence-electron chi connectivity index (χ2n) is 7.59. The Balaban J connectivity index is 1.55. The van der Waals surface area contributed by atoms with Gasteiger partial charge in [0.1, 0.15) is 11.6 Å². The van der Waals surface area contributed by atoms with Gasteiger partial charge in [0.15, 0.2) is 5.76 Å². The SMILES string of the molecule is Cc1c(C(=O)NCc2ccccc2Cl)oc2c1/C(=N/NS(=O)(=O)c1ccc(F)cc1)CCC2. The number of rotatable bonds is 6. The lowest BCUT2D eigenvalue weighted by atomic mass is 9.93. The van der Waals surface area contributed by atoms with E-state index in [1.54, 1.807) is 13.0 Å². The number of carbonyl (C=O) groups is 1. The Kier molecular flexibility index (Phi) is 6.53. The van der Waals surface area contributed by atoms with Crippen LogP contribution in [0.4, 0.5) is 4.39 Å². The number of aryl methyl sites for hydroxylation is 1. The lowest BCUT2D eigenvalue weighted by Crippen LogP contribution is -2.24. The molecule has 10 heteroatoms. The third-order valence-electron chi connectivity index (χ3n) is 5.35. The molecule has 0 saturated carbocycles. The summed E-state index contributed by atoms with van der Waals surface area (Å²) in [6, 6.07) is 11.7. The second kappa shape index (κ2) is 9.36. The number of carbonyl (C=O) groups excluding carboxylic acids is 1. The average Bonchev–Trinajstić information content (AvgIpc) is 3.14. The molecule has 1 heterocycles. The van der Waals surface area contributed by atoms with Crippen LogP contribution in [0.15, 0.2) is 62.9 Å². The largest absolute Gasteiger partial charge is 0.455 e. The highest BCUT2D eigenvalue weighted by molar-refractivity contribution is 7.89. The first-order valence-electron chi connectivity index (χ1n) is 10.2. The van der Waals surface area contributed by atoms with Crippen LogP contribution in [0.1, 0.15) is 45.8 Å². The first-order valence-corrected chi connectivity index (χ1v) is 12.1. The number of sulfonamides is 1. The average molecular weight is 490 g/mol. The van der Waals surface area contributed by atoms with Crippen molar-refractivity contribution in [3.05, 3.63) is 87.6 Å². The highest BCUT2D eigenvalue weighted by atomic mass is 35.5. The highest BCUT2D eigenvalue weighted by Crippen LogP contribution is 2.30. The van der Waals surface area contributed by atoms with E-state index in [1.165, 1.54) is 0 Å².